The maximum atomic E-state index is 13.1. The minimum Gasteiger partial charge on any atom is -0.496 e. The molecule has 0 spiro atoms. The zero-order chi connectivity index (χ0) is 14.7. The minimum atomic E-state index is -0.686. The number of ether oxygens (including phenoxy) is 1. The topological polar surface area (TPSA) is 26.3 Å². The Labute approximate surface area is 116 Å². The lowest BCUT2D eigenvalue weighted by Crippen LogP contribution is -2.05. The van der Waals surface area contributed by atoms with Gasteiger partial charge in [0, 0.05) is 18.1 Å². The molecule has 4 heteroatoms. The summed E-state index contributed by atoms with van der Waals surface area (Å²) < 4.78 is 31.3. The maximum absolute atomic E-state index is 13.1. The van der Waals surface area contributed by atoms with E-state index in [1.54, 1.807) is 18.2 Å². The Hall–Kier alpha value is -2.23. The van der Waals surface area contributed by atoms with E-state index in [0.29, 0.717) is 16.9 Å². The number of hydrogen-bond acceptors (Lipinski definition) is 2. The largest absolute Gasteiger partial charge is 0.496 e. The van der Waals surface area contributed by atoms with Crippen LogP contribution >= 0.6 is 0 Å². The van der Waals surface area contributed by atoms with Gasteiger partial charge in [-0.1, -0.05) is 12.1 Å². The van der Waals surface area contributed by atoms with Crippen molar-refractivity contribution in [3.63, 3.8) is 0 Å². The van der Waals surface area contributed by atoms with Crippen LogP contribution in [0, 0.1) is 18.6 Å². The van der Waals surface area contributed by atoms with Gasteiger partial charge in [0.15, 0.2) is 5.78 Å². The van der Waals surface area contributed by atoms with Gasteiger partial charge in [-0.3, -0.25) is 4.79 Å². The highest BCUT2D eigenvalue weighted by atomic mass is 19.1. The van der Waals surface area contributed by atoms with E-state index in [2.05, 4.69) is 0 Å². The number of aryl methyl sites for hydroxylation is 1. The monoisotopic (exact) mass is 276 g/mol. The average molecular weight is 276 g/mol. The number of Topliss-reactive ketones (excluding diaryl/α,β-unsaturated/α-hetero) is 1. The summed E-state index contributed by atoms with van der Waals surface area (Å²) in [6.45, 7) is 1.87. The maximum Gasteiger partial charge on any atom is 0.167 e. The molecular weight excluding hydrogens is 262 g/mol. The van der Waals surface area contributed by atoms with Crippen molar-refractivity contribution in [3.05, 3.63) is 64.7 Å². The van der Waals surface area contributed by atoms with Crippen molar-refractivity contribution in [1.82, 2.24) is 0 Å². The van der Waals surface area contributed by atoms with Crippen LogP contribution in [0.4, 0.5) is 8.78 Å². The molecule has 0 fully saturated rings. The van der Waals surface area contributed by atoms with Crippen molar-refractivity contribution in [3.8, 4) is 5.75 Å². The van der Waals surface area contributed by atoms with Crippen LogP contribution in [0.15, 0.2) is 36.4 Å². The van der Waals surface area contributed by atoms with E-state index in [4.69, 9.17) is 4.74 Å². The van der Waals surface area contributed by atoms with Crippen molar-refractivity contribution in [1.29, 1.82) is 0 Å². The molecule has 2 aromatic rings. The number of benzene rings is 2. The van der Waals surface area contributed by atoms with Gasteiger partial charge in [-0.05, 0) is 36.2 Å². The molecule has 0 saturated heterocycles. The summed E-state index contributed by atoms with van der Waals surface area (Å²) in [6.07, 6.45) is -0.0547. The van der Waals surface area contributed by atoms with Crippen molar-refractivity contribution in [2.24, 2.45) is 0 Å². The van der Waals surface area contributed by atoms with Crippen molar-refractivity contribution >= 4 is 5.78 Å². The van der Waals surface area contributed by atoms with Crippen LogP contribution in [0.3, 0.4) is 0 Å². The zero-order valence-electron chi connectivity index (χ0n) is 11.2. The third-order valence-corrected chi connectivity index (χ3v) is 3.02. The van der Waals surface area contributed by atoms with E-state index in [9.17, 15) is 13.6 Å². The lowest BCUT2D eigenvalue weighted by atomic mass is 10.0. The van der Waals surface area contributed by atoms with Gasteiger partial charge in [-0.25, -0.2) is 8.78 Å². The van der Waals surface area contributed by atoms with Gasteiger partial charge >= 0.3 is 0 Å². The van der Waals surface area contributed by atoms with Crippen LogP contribution < -0.4 is 4.74 Å². The number of hydrogen-bond donors (Lipinski definition) is 0. The molecule has 2 aromatic carbocycles. The predicted octanol–water partition coefficient (Wildman–Crippen LogP) is 3.71. The van der Waals surface area contributed by atoms with E-state index in [-0.39, 0.29) is 12.2 Å². The van der Waals surface area contributed by atoms with Gasteiger partial charge < -0.3 is 4.74 Å². The second-order valence-electron chi connectivity index (χ2n) is 4.56. The number of ketones is 1. The Balaban J connectivity index is 2.23. The number of halogens is 2. The Morgan fingerprint density at radius 1 is 1.10 bits per heavy atom. The van der Waals surface area contributed by atoms with Gasteiger partial charge in [-0.2, -0.15) is 0 Å². The Morgan fingerprint density at radius 2 is 1.75 bits per heavy atom. The van der Waals surface area contributed by atoms with E-state index in [0.717, 1.165) is 23.8 Å². The van der Waals surface area contributed by atoms with E-state index < -0.39 is 11.6 Å². The van der Waals surface area contributed by atoms with Crippen LogP contribution in [0.1, 0.15) is 21.5 Å². The Morgan fingerprint density at radius 3 is 2.35 bits per heavy atom. The number of carbonyl (C=O) groups excluding carboxylic acids is 1. The first-order valence-electron chi connectivity index (χ1n) is 6.12. The fourth-order valence-electron chi connectivity index (χ4n) is 1.99. The molecule has 2 nitrogen and oxygen atoms in total. The second-order valence-corrected chi connectivity index (χ2v) is 4.56. The van der Waals surface area contributed by atoms with Gasteiger partial charge in [0.1, 0.15) is 17.4 Å². The van der Waals surface area contributed by atoms with Gasteiger partial charge in [0.05, 0.1) is 7.11 Å². The minimum absolute atomic E-state index is 0.0547. The Bertz CT molecular complexity index is 631. The molecule has 0 saturated carbocycles. The van der Waals surface area contributed by atoms with Crippen LogP contribution in [0.5, 0.6) is 5.75 Å². The smallest absolute Gasteiger partial charge is 0.167 e. The molecule has 0 bridgehead atoms. The van der Waals surface area contributed by atoms with E-state index in [1.165, 1.54) is 7.11 Å². The quantitative estimate of drug-likeness (QED) is 0.796. The molecule has 0 atom stereocenters. The third-order valence-electron chi connectivity index (χ3n) is 3.02. The van der Waals surface area contributed by atoms with Crippen LogP contribution in [0.2, 0.25) is 0 Å². The molecule has 0 aliphatic carbocycles. The molecule has 2 rings (SSSR count). The predicted molar refractivity (Wildman–Crippen MR) is 72.1 cm³/mol. The normalized spacial score (nSPS) is 10.4. The standard InChI is InChI=1S/C16H14F2O2/c1-10-3-4-12(8-16(10)20-2)15(19)7-11-5-13(17)9-14(18)6-11/h3-6,8-9H,7H2,1-2H3. The second kappa shape index (κ2) is 5.82. The lowest BCUT2D eigenvalue weighted by molar-refractivity contribution is 0.0992. The molecule has 0 radical (unpaired) electrons. The first-order chi connectivity index (χ1) is 9.49. The summed E-state index contributed by atoms with van der Waals surface area (Å²) in [4.78, 5) is 12.1. The molecule has 0 aromatic heterocycles. The molecule has 0 unspecified atom stereocenters. The summed E-state index contributed by atoms with van der Waals surface area (Å²) >= 11 is 0. The van der Waals surface area contributed by atoms with Gasteiger partial charge in [0.25, 0.3) is 0 Å². The fraction of sp³-hybridized carbons (Fsp3) is 0.188. The van der Waals surface area contributed by atoms with Gasteiger partial charge in [-0.15, -0.1) is 0 Å². The number of carbonyl (C=O) groups is 1. The summed E-state index contributed by atoms with van der Waals surface area (Å²) in [6, 6.07) is 8.18. The van der Waals surface area contributed by atoms with E-state index >= 15 is 0 Å². The molecule has 20 heavy (non-hydrogen) atoms. The molecule has 0 aliphatic rings. The number of rotatable bonds is 4. The molecule has 0 N–H and O–H groups in total. The van der Waals surface area contributed by atoms with Gasteiger partial charge in [0.2, 0.25) is 0 Å². The van der Waals surface area contributed by atoms with Crippen molar-refractivity contribution < 1.29 is 18.3 Å². The lowest BCUT2D eigenvalue weighted by Gasteiger charge is -2.07. The summed E-state index contributed by atoms with van der Waals surface area (Å²) in [5.74, 6) is -0.974. The van der Waals surface area contributed by atoms with E-state index in [1.807, 2.05) is 6.92 Å². The average Bonchev–Trinajstić information content (AvgIpc) is 2.37. The fourth-order valence-corrected chi connectivity index (χ4v) is 1.99. The number of methoxy groups -OCH3 is 1. The molecular formula is C16H14F2O2. The zero-order valence-corrected chi connectivity index (χ0v) is 11.2. The highest BCUT2D eigenvalue weighted by molar-refractivity contribution is 5.98. The van der Waals surface area contributed by atoms with Crippen LogP contribution in [-0.2, 0) is 6.42 Å². The Kier molecular flexibility index (Phi) is 4.13. The highest BCUT2D eigenvalue weighted by Crippen LogP contribution is 2.20. The molecule has 0 amide bonds. The SMILES string of the molecule is COc1cc(C(=O)Cc2cc(F)cc(F)c2)ccc1C. The van der Waals surface area contributed by atoms with Crippen molar-refractivity contribution in [2.75, 3.05) is 7.11 Å². The molecule has 0 aliphatic heterocycles. The summed E-state index contributed by atoms with van der Waals surface area (Å²) in [5, 5.41) is 0. The van der Waals surface area contributed by atoms with Crippen molar-refractivity contribution in [2.45, 2.75) is 13.3 Å². The summed E-state index contributed by atoms with van der Waals surface area (Å²) in [5.41, 5.74) is 1.69. The molecule has 104 valence electrons. The van der Waals surface area contributed by atoms with Crippen LogP contribution in [-0.4, -0.2) is 12.9 Å². The first kappa shape index (κ1) is 14.2. The summed E-state index contributed by atoms with van der Waals surface area (Å²) in [7, 11) is 1.53. The first-order valence-corrected chi connectivity index (χ1v) is 6.12. The van der Waals surface area contributed by atoms with Crippen LogP contribution in [0.25, 0.3) is 0 Å². The molecule has 0 heterocycles. The highest BCUT2D eigenvalue weighted by Gasteiger charge is 2.11. The third kappa shape index (κ3) is 3.20.